The van der Waals surface area contributed by atoms with Crippen molar-refractivity contribution in [3.05, 3.63) is 74.7 Å². The first kappa shape index (κ1) is 18.5. The van der Waals surface area contributed by atoms with Crippen molar-refractivity contribution in [1.82, 2.24) is 10.4 Å². The Kier molecular flexibility index (Phi) is 5.61. The Morgan fingerprint density at radius 1 is 1.12 bits per heavy atom. The third kappa shape index (κ3) is 4.25. The molecular formula is C18H12Cl3N3O2. The molecule has 26 heavy (non-hydrogen) atoms. The van der Waals surface area contributed by atoms with Gasteiger partial charge in [0.05, 0.1) is 26.8 Å². The van der Waals surface area contributed by atoms with Gasteiger partial charge in [-0.2, -0.15) is 5.10 Å². The molecule has 1 amide bonds. The van der Waals surface area contributed by atoms with Gasteiger partial charge in [0, 0.05) is 17.5 Å². The quantitative estimate of drug-likeness (QED) is 0.358. The summed E-state index contributed by atoms with van der Waals surface area (Å²) < 4.78 is 5.65. The molecule has 0 radical (unpaired) electrons. The third-order valence-electron chi connectivity index (χ3n) is 3.43. The summed E-state index contributed by atoms with van der Waals surface area (Å²) in [5.41, 5.74) is 4.26. The number of carbonyl (C=O) groups is 1. The van der Waals surface area contributed by atoms with Gasteiger partial charge in [0.15, 0.2) is 0 Å². The highest BCUT2D eigenvalue weighted by molar-refractivity contribution is 6.44. The molecule has 132 valence electrons. The number of nitrogens with one attached hydrogen (secondary N) is 1. The van der Waals surface area contributed by atoms with Gasteiger partial charge in [0.1, 0.15) is 11.5 Å². The first-order valence-corrected chi connectivity index (χ1v) is 8.58. The Hall–Kier alpha value is -2.34. The van der Waals surface area contributed by atoms with Gasteiger partial charge in [-0.15, -0.1) is 0 Å². The molecule has 8 heteroatoms. The molecule has 0 unspecified atom stereocenters. The van der Waals surface area contributed by atoms with E-state index in [1.54, 1.807) is 36.4 Å². The topological polar surface area (TPSA) is 67.5 Å². The minimum atomic E-state index is -0.368. The molecular weight excluding hydrogens is 397 g/mol. The zero-order valence-corrected chi connectivity index (χ0v) is 15.7. The van der Waals surface area contributed by atoms with Gasteiger partial charge in [0.25, 0.3) is 5.91 Å². The summed E-state index contributed by atoms with van der Waals surface area (Å²) in [6, 6.07) is 10.0. The molecule has 1 aromatic carbocycles. The molecule has 0 saturated heterocycles. The summed E-state index contributed by atoms with van der Waals surface area (Å²) in [6.45, 7) is 1.84. The largest absolute Gasteiger partial charge is 0.455 e. The van der Waals surface area contributed by atoms with Gasteiger partial charge in [-0.3, -0.25) is 9.78 Å². The van der Waals surface area contributed by atoms with E-state index in [1.807, 2.05) is 6.92 Å². The highest BCUT2D eigenvalue weighted by atomic mass is 35.5. The molecule has 3 rings (SSSR count). The molecule has 1 N–H and O–H groups in total. The first-order valence-electron chi connectivity index (χ1n) is 7.45. The number of carbonyl (C=O) groups excluding carboxylic acids is 1. The van der Waals surface area contributed by atoms with E-state index in [9.17, 15) is 4.79 Å². The van der Waals surface area contributed by atoms with E-state index < -0.39 is 0 Å². The second-order valence-electron chi connectivity index (χ2n) is 5.34. The summed E-state index contributed by atoms with van der Waals surface area (Å²) in [7, 11) is 0. The number of hydrazone groups is 1. The second kappa shape index (κ2) is 7.91. The van der Waals surface area contributed by atoms with Crippen molar-refractivity contribution in [3.63, 3.8) is 0 Å². The van der Waals surface area contributed by atoms with Crippen LogP contribution in [0.15, 0.2) is 52.1 Å². The normalized spacial score (nSPS) is 11.1. The predicted octanol–water partition coefficient (Wildman–Crippen LogP) is 5.37. The molecule has 2 heterocycles. The fourth-order valence-corrected chi connectivity index (χ4v) is 2.74. The maximum atomic E-state index is 11.9. The van der Waals surface area contributed by atoms with Crippen molar-refractivity contribution in [3.8, 4) is 11.3 Å². The van der Waals surface area contributed by atoms with E-state index >= 15 is 0 Å². The number of amides is 1. The highest BCUT2D eigenvalue weighted by Crippen LogP contribution is 2.35. The minimum absolute atomic E-state index is 0.363. The maximum Gasteiger partial charge on any atom is 0.272 e. The molecule has 0 aliphatic rings. The lowest BCUT2D eigenvalue weighted by Crippen LogP contribution is -2.17. The molecule has 0 fully saturated rings. The van der Waals surface area contributed by atoms with Crippen molar-refractivity contribution >= 4 is 46.9 Å². The zero-order chi connectivity index (χ0) is 18.7. The van der Waals surface area contributed by atoms with E-state index in [4.69, 9.17) is 39.2 Å². The van der Waals surface area contributed by atoms with Crippen LogP contribution in [0.4, 0.5) is 0 Å². The number of aryl methyl sites for hydroxylation is 1. The lowest BCUT2D eigenvalue weighted by molar-refractivity contribution is 0.0954. The fraction of sp³-hybridized carbons (Fsp3) is 0.0556. The number of nitrogens with zero attached hydrogens (tertiary/aromatic N) is 2. The van der Waals surface area contributed by atoms with Crippen LogP contribution in [0.2, 0.25) is 15.1 Å². The Morgan fingerprint density at radius 2 is 1.88 bits per heavy atom. The van der Waals surface area contributed by atoms with Gasteiger partial charge >= 0.3 is 0 Å². The van der Waals surface area contributed by atoms with Crippen molar-refractivity contribution in [2.75, 3.05) is 0 Å². The highest BCUT2D eigenvalue weighted by Gasteiger charge is 2.11. The molecule has 0 bridgehead atoms. The van der Waals surface area contributed by atoms with Crippen LogP contribution in [0.5, 0.6) is 0 Å². The van der Waals surface area contributed by atoms with Gasteiger partial charge in [-0.05, 0) is 43.3 Å². The van der Waals surface area contributed by atoms with E-state index in [0.717, 1.165) is 5.69 Å². The van der Waals surface area contributed by atoms with Crippen molar-refractivity contribution < 1.29 is 9.21 Å². The Labute approximate surface area is 164 Å². The SMILES string of the molecule is Cc1ccc(C(=O)N/N=C\c2ccc(-c3cc(Cl)c(Cl)cc3Cl)o2)cn1. The standard InChI is InChI=1S/C18H12Cl3N3O2/c1-10-2-3-11(8-22-10)18(25)24-23-9-12-4-5-17(26-12)13-6-15(20)16(21)7-14(13)19/h2-9H,1H3,(H,24,25)/b23-9-. The monoisotopic (exact) mass is 407 g/mol. The average Bonchev–Trinajstić information content (AvgIpc) is 3.07. The van der Waals surface area contributed by atoms with E-state index in [1.165, 1.54) is 12.4 Å². The number of rotatable bonds is 4. The van der Waals surface area contributed by atoms with E-state index in [0.29, 0.717) is 37.7 Å². The summed E-state index contributed by atoms with van der Waals surface area (Å²) in [4.78, 5) is 16.0. The third-order valence-corrected chi connectivity index (χ3v) is 4.47. The van der Waals surface area contributed by atoms with Gasteiger partial charge in [0.2, 0.25) is 0 Å². The first-order chi connectivity index (χ1) is 12.4. The Bertz CT molecular complexity index is 982. The van der Waals surface area contributed by atoms with Crippen molar-refractivity contribution in [2.45, 2.75) is 6.92 Å². The number of pyridine rings is 1. The zero-order valence-electron chi connectivity index (χ0n) is 13.5. The molecule has 5 nitrogen and oxygen atoms in total. The number of furan rings is 1. The van der Waals surface area contributed by atoms with E-state index in [2.05, 4.69) is 15.5 Å². The van der Waals surface area contributed by atoms with E-state index in [-0.39, 0.29) is 5.91 Å². The summed E-state index contributed by atoms with van der Waals surface area (Å²) in [5, 5.41) is 5.02. The predicted molar refractivity (Wildman–Crippen MR) is 103 cm³/mol. The number of benzene rings is 1. The molecule has 3 aromatic rings. The number of aromatic nitrogens is 1. The van der Waals surface area contributed by atoms with Crippen LogP contribution in [0.3, 0.4) is 0 Å². The van der Waals surface area contributed by atoms with Crippen molar-refractivity contribution in [1.29, 1.82) is 0 Å². The fourth-order valence-electron chi connectivity index (χ4n) is 2.10. The summed E-state index contributed by atoms with van der Waals surface area (Å²) in [6.07, 6.45) is 2.87. The lowest BCUT2D eigenvalue weighted by Gasteiger charge is -2.03. The maximum absolute atomic E-state index is 11.9. The molecule has 0 aliphatic heterocycles. The average molecular weight is 409 g/mol. The molecule has 0 aliphatic carbocycles. The number of hydrogen-bond donors (Lipinski definition) is 1. The Balaban J connectivity index is 1.70. The van der Waals surface area contributed by atoms with Crippen LogP contribution in [0, 0.1) is 6.92 Å². The van der Waals surface area contributed by atoms with Gasteiger partial charge in [-0.1, -0.05) is 34.8 Å². The second-order valence-corrected chi connectivity index (χ2v) is 6.56. The molecule has 0 spiro atoms. The summed E-state index contributed by atoms with van der Waals surface area (Å²) in [5.74, 6) is 0.571. The minimum Gasteiger partial charge on any atom is -0.455 e. The smallest absolute Gasteiger partial charge is 0.272 e. The van der Waals surface area contributed by atoms with Crippen LogP contribution in [0.25, 0.3) is 11.3 Å². The molecule has 0 atom stereocenters. The van der Waals surface area contributed by atoms with Gasteiger partial charge < -0.3 is 4.42 Å². The van der Waals surface area contributed by atoms with Crippen LogP contribution < -0.4 is 5.43 Å². The summed E-state index contributed by atoms with van der Waals surface area (Å²) >= 11 is 18.1. The Morgan fingerprint density at radius 3 is 2.62 bits per heavy atom. The molecule has 0 saturated carbocycles. The van der Waals surface area contributed by atoms with Crippen LogP contribution in [-0.2, 0) is 0 Å². The number of hydrogen-bond acceptors (Lipinski definition) is 4. The van der Waals surface area contributed by atoms with Crippen LogP contribution in [0.1, 0.15) is 21.8 Å². The number of halogens is 3. The lowest BCUT2D eigenvalue weighted by atomic mass is 10.2. The molecule has 2 aromatic heterocycles. The van der Waals surface area contributed by atoms with Crippen molar-refractivity contribution in [2.24, 2.45) is 5.10 Å². The van der Waals surface area contributed by atoms with Crippen LogP contribution >= 0.6 is 34.8 Å². The van der Waals surface area contributed by atoms with Crippen LogP contribution in [-0.4, -0.2) is 17.1 Å². The van der Waals surface area contributed by atoms with Gasteiger partial charge in [-0.25, -0.2) is 5.43 Å².